The molecule has 1 atom stereocenters. The van der Waals surface area contributed by atoms with E-state index in [0.29, 0.717) is 11.6 Å². The Morgan fingerprint density at radius 1 is 1.21 bits per heavy atom. The van der Waals surface area contributed by atoms with Crippen molar-refractivity contribution in [1.29, 1.82) is 0 Å². The molecule has 0 aromatic rings. The van der Waals surface area contributed by atoms with Crippen LogP contribution >= 0.6 is 0 Å². The zero-order chi connectivity index (χ0) is 9.86. The minimum atomic E-state index is 0.417. The molecule has 0 bridgehead atoms. The SMILES string of the molecule is CC1(NCC2CCCCO2)CCCC1. The maximum absolute atomic E-state index is 5.72. The first-order valence-corrected chi connectivity index (χ1v) is 6.15. The lowest BCUT2D eigenvalue weighted by atomic mass is 10.00. The molecule has 0 aromatic carbocycles. The van der Waals surface area contributed by atoms with Crippen LogP contribution in [0.25, 0.3) is 0 Å². The highest BCUT2D eigenvalue weighted by Crippen LogP contribution is 2.29. The molecule has 0 spiro atoms. The standard InChI is InChI=1S/C12H23NO/c1-12(7-3-4-8-12)13-10-11-6-2-5-9-14-11/h11,13H,2-10H2,1H3. The molecule has 1 unspecified atom stereocenters. The minimum absolute atomic E-state index is 0.417. The maximum atomic E-state index is 5.72. The van der Waals surface area contributed by atoms with Gasteiger partial charge in [0.2, 0.25) is 0 Å². The molecule has 82 valence electrons. The van der Waals surface area contributed by atoms with Crippen molar-refractivity contribution in [3.8, 4) is 0 Å². The zero-order valence-electron chi connectivity index (χ0n) is 9.35. The lowest BCUT2D eigenvalue weighted by molar-refractivity contribution is 0.0126. The van der Waals surface area contributed by atoms with Gasteiger partial charge in [0, 0.05) is 18.7 Å². The van der Waals surface area contributed by atoms with E-state index in [4.69, 9.17) is 4.74 Å². The second kappa shape index (κ2) is 4.63. The van der Waals surface area contributed by atoms with Gasteiger partial charge in [-0.1, -0.05) is 12.8 Å². The molecule has 0 aromatic heterocycles. The van der Waals surface area contributed by atoms with Crippen molar-refractivity contribution in [3.05, 3.63) is 0 Å². The van der Waals surface area contributed by atoms with Gasteiger partial charge in [0.15, 0.2) is 0 Å². The molecule has 1 N–H and O–H groups in total. The van der Waals surface area contributed by atoms with Gasteiger partial charge in [0.1, 0.15) is 0 Å². The third kappa shape index (κ3) is 2.71. The van der Waals surface area contributed by atoms with Crippen LogP contribution in [0.5, 0.6) is 0 Å². The molecule has 2 heteroatoms. The Hall–Kier alpha value is -0.0800. The van der Waals surface area contributed by atoms with Gasteiger partial charge in [-0.05, 0) is 39.0 Å². The molecule has 1 aliphatic heterocycles. The van der Waals surface area contributed by atoms with Crippen LogP contribution in [-0.4, -0.2) is 24.8 Å². The van der Waals surface area contributed by atoms with Crippen molar-refractivity contribution < 1.29 is 4.74 Å². The molecule has 2 nitrogen and oxygen atoms in total. The van der Waals surface area contributed by atoms with E-state index in [9.17, 15) is 0 Å². The Kier molecular flexibility index (Phi) is 3.45. The highest BCUT2D eigenvalue weighted by Gasteiger charge is 2.28. The van der Waals surface area contributed by atoms with Crippen molar-refractivity contribution >= 4 is 0 Å². The molecule has 1 heterocycles. The molecule has 14 heavy (non-hydrogen) atoms. The summed E-state index contributed by atoms with van der Waals surface area (Å²) in [6.07, 6.45) is 9.84. The Balaban J connectivity index is 1.70. The van der Waals surface area contributed by atoms with Crippen LogP contribution in [0, 0.1) is 0 Å². The molecule has 0 amide bonds. The monoisotopic (exact) mass is 197 g/mol. The van der Waals surface area contributed by atoms with E-state index in [0.717, 1.165) is 13.2 Å². The van der Waals surface area contributed by atoms with Gasteiger partial charge in [-0.3, -0.25) is 0 Å². The summed E-state index contributed by atoms with van der Waals surface area (Å²) in [5.41, 5.74) is 0.417. The second-order valence-electron chi connectivity index (χ2n) is 5.14. The van der Waals surface area contributed by atoms with Crippen LogP contribution in [0.1, 0.15) is 51.9 Å². The molecule has 2 rings (SSSR count). The quantitative estimate of drug-likeness (QED) is 0.750. The van der Waals surface area contributed by atoms with E-state index in [2.05, 4.69) is 12.2 Å². The Morgan fingerprint density at radius 3 is 2.64 bits per heavy atom. The van der Waals surface area contributed by atoms with E-state index in [1.165, 1.54) is 44.9 Å². The molecule has 0 radical (unpaired) electrons. The van der Waals surface area contributed by atoms with Crippen LogP contribution in [0.2, 0.25) is 0 Å². The first-order chi connectivity index (χ1) is 6.79. The Morgan fingerprint density at radius 2 is 2.00 bits per heavy atom. The molecular weight excluding hydrogens is 174 g/mol. The van der Waals surface area contributed by atoms with Gasteiger partial charge in [-0.2, -0.15) is 0 Å². The van der Waals surface area contributed by atoms with E-state index >= 15 is 0 Å². The van der Waals surface area contributed by atoms with Gasteiger partial charge in [0.05, 0.1) is 6.10 Å². The van der Waals surface area contributed by atoms with Gasteiger partial charge in [-0.25, -0.2) is 0 Å². The smallest absolute Gasteiger partial charge is 0.0699 e. The third-order valence-corrected chi connectivity index (χ3v) is 3.74. The third-order valence-electron chi connectivity index (χ3n) is 3.74. The van der Waals surface area contributed by atoms with E-state index in [1.807, 2.05) is 0 Å². The molecule has 1 saturated carbocycles. The van der Waals surface area contributed by atoms with Crippen LogP contribution in [0.4, 0.5) is 0 Å². The zero-order valence-corrected chi connectivity index (χ0v) is 9.35. The summed E-state index contributed by atoms with van der Waals surface area (Å²) in [6.45, 7) is 4.41. The Labute approximate surface area is 87.4 Å². The predicted molar refractivity (Wildman–Crippen MR) is 58.5 cm³/mol. The van der Waals surface area contributed by atoms with Crippen molar-refractivity contribution in [2.45, 2.75) is 63.5 Å². The second-order valence-corrected chi connectivity index (χ2v) is 5.14. The van der Waals surface area contributed by atoms with E-state index in [-0.39, 0.29) is 0 Å². The molecule has 1 aliphatic carbocycles. The van der Waals surface area contributed by atoms with Crippen molar-refractivity contribution in [1.82, 2.24) is 5.32 Å². The average Bonchev–Trinajstić information content (AvgIpc) is 2.65. The summed E-state index contributed by atoms with van der Waals surface area (Å²) in [5, 5.41) is 3.70. The first-order valence-electron chi connectivity index (χ1n) is 6.15. The summed E-state index contributed by atoms with van der Waals surface area (Å²) in [5.74, 6) is 0. The van der Waals surface area contributed by atoms with Crippen molar-refractivity contribution in [2.75, 3.05) is 13.2 Å². The van der Waals surface area contributed by atoms with Crippen molar-refractivity contribution in [3.63, 3.8) is 0 Å². The van der Waals surface area contributed by atoms with Crippen LogP contribution < -0.4 is 5.32 Å². The molecular formula is C12H23NO. The number of rotatable bonds is 3. The van der Waals surface area contributed by atoms with Crippen LogP contribution in [-0.2, 0) is 4.74 Å². The fraction of sp³-hybridized carbons (Fsp3) is 1.00. The van der Waals surface area contributed by atoms with Gasteiger partial charge >= 0.3 is 0 Å². The molecule has 2 aliphatic rings. The normalized spacial score (nSPS) is 31.9. The number of nitrogens with one attached hydrogen (secondary N) is 1. The fourth-order valence-electron chi connectivity index (χ4n) is 2.66. The number of hydrogen-bond acceptors (Lipinski definition) is 2. The molecule has 2 fully saturated rings. The summed E-state index contributed by atoms with van der Waals surface area (Å²) in [6, 6.07) is 0. The molecule has 1 saturated heterocycles. The Bertz CT molecular complexity index is 169. The highest BCUT2D eigenvalue weighted by atomic mass is 16.5. The summed E-state index contributed by atoms with van der Waals surface area (Å²) >= 11 is 0. The van der Waals surface area contributed by atoms with Gasteiger partial charge in [0.25, 0.3) is 0 Å². The maximum Gasteiger partial charge on any atom is 0.0699 e. The van der Waals surface area contributed by atoms with Crippen LogP contribution in [0.3, 0.4) is 0 Å². The minimum Gasteiger partial charge on any atom is -0.377 e. The lowest BCUT2D eigenvalue weighted by Crippen LogP contribution is -2.44. The topological polar surface area (TPSA) is 21.3 Å². The number of ether oxygens (including phenoxy) is 1. The summed E-state index contributed by atoms with van der Waals surface area (Å²) in [7, 11) is 0. The summed E-state index contributed by atoms with van der Waals surface area (Å²) < 4.78 is 5.72. The van der Waals surface area contributed by atoms with Gasteiger partial charge < -0.3 is 10.1 Å². The van der Waals surface area contributed by atoms with E-state index < -0.39 is 0 Å². The summed E-state index contributed by atoms with van der Waals surface area (Å²) in [4.78, 5) is 0. The first kappa shape index (κ1) is 10.4. The van der Waals surface area contributed by atoms with Crippen molar-refractivity contribution in [2.24, 2.45) is 0 Å². The highest BCUT2D eigenvalue weighted by molar-refractivity contribution is 4.89. The fourth-order valence-corrected chi connectivity index (χ4v) is 2.66. The average molecular weight is 197 g/mol. The van der Waals surface area contributed by atoms with Gasteiger partial charge in [-0.15, -0.1) is 0 Å². The predicted octanol–water partition coefficient (Wildman–Crippen LogP) is 2.48. The van der Waals surface area contributed by atoms with Crippen LogP contribution in [0.15, 0.2) is 0 Å². The van der Waals surface area contributed by atoms with E-state index in [1.54, 1.807) is 0 Å². The number of hydrogen-bond donors (Lipinski definition) is 1. The largest absolute Gasteiger partial charge is 0.377 e. The lowest BCUT2D eigenvalue weighted by Gasteiger charge is -2.30.